The van der Waals surface area contributed by atoms with Crippen molar-refractivity contribution < 1.29 is 24.2 Å². The number of phenols is 1. The van der Waals surface area contributed by atoms with Gasteiger partial charge >= 0.3 is 114 Å². The van der Waals surface area contributed by atoms with E-state index in [2.05, 4.69) is 150 Å². The van der Waals surface area contributed by atoms with E-state index in [9.17, 15) is 5.11 Å². The molecule has 4 aromatic carbocycles. The Kier molecular flexibility index (Phi) is 25.5. The second kappa shape index (κ2) is 24.9. The number of benzene rings is 4. The van der Waals surface area contributed by atoms with E-state index in [1.807, 2.05) is 61.5 Å². The van der Waals surface area contributed by atoms with Crippen molar-refractivity contribution in [3.63, 3.8) is 0 Å². The van der Waals surface area contributed by atoms with Gasteiger partial charge in [0.1, 0.15) is 11.5 Å². The van der Waals surface area contributed by atoms with Gasteiger partial charge in [0, 0.05) is 19.0 Å². The van der Waals surface area contributed by atoms with Gasteiger partial charge in [0.05, 0.1) is 6.61 Å². The van der Waals surface area contributed by atoms with Crippen molar-refractivity contribution in [3.05, 3.63) is 126 Å². The van der Waals surface area contributed by atoms with Gasteiger partial charge in [-0.05, 0) is 103 Å². The summed E-state index contributed by atoms with van der Waals surface area (Å²) in [7, 11) is 0.628. The molecule has 0 aliphatic heterocycles. The van der Waals surface area contributed by atoms with E-state index in [0.717, 1.165) is 54.3 Å². The van der Waals surface area contributed by atoms with E-state index in [4.69, 9.17) is 27.9 Å². The molecule has 0 spiro atoms. The number of ether oxygens (including phenoxy) is 1. The summed E-state index contributed by atoms with van der Waals surface area (Å²) in [5.41, 5.74) is 4.54. The van der Waals surface area contributed by atoms with Crippen LogP contribution in [0.4, 0.5) is 0 Å². The topological polar surface area (TPSA) is 29.5 Å². The van der Waals surface area contributed by atoms with Crippen molar-refractivity contribution in [2.24, 2.45) is 0 Å². The van der Waals surface area contributed by atoms with Crippen molar-refractivity contribution in [1.82, 2.24) is 0 Å². The third-order valence-electron chi connectivity index (χ3n) is 4.98. The average molecular weight is 1360 g/mol. The van der Waals surface area contributed by atoms with Crippen LogP contribution in [-0.4, -0.2) is 11.7 Å². The van der Waals surface area contributed by atoms with Gasteiger partial charge in [-0.3, -0.25) is 0 Å². The standard InChI is InChI=1S/C15H14BrClO.C13H10BrClO.5HI.2V/c1-2-18-14-6-3-11(4-7-14)9-12-10-13(16)5-8-15(12)17;14-11-3-6-13(15)10(8-11)7-9-1-4-12(16)5-2-9;;;;;;;/h3-8,10H,2,9H2,1H3;1-6,8,16H,7H2;5*1H;;/q;;;;;;;+2;+3/p-5. The maximum absolute atomic E-state index is 9.19. The third kappa shape index (κ3) is 20.0. The van der Waals surface area contributed by atoms with Crippen LogP contribution in [0.15, 0.2) is 93.9 Å². The number of hydrogen-bond acceptors (Lipinski definition) is 2. The summed E-state index contributed by atoms with van der Waals surface area (Å²) in [5.74, 6) is 1.19. The van der Waals surface area contributed by atoms with Gasteiger partial charge in [0.2, 0.25) is 0 Å². The Hall–Kier alpha value is 2.84. The maximum atomic E-state index is 9.19. The van der Waals surface area contributed by atoms with E-state index in [1.165, 1.54) is 5.56 Å². The fourth-order valence-corrected chi connectivity index (χ4v) is 4.47. The summed E-state index contributed by atoms with van der Waals surface area (Å²) in [6.07, 6.45) is 1.59. The summed E-state index contributed by atoms with van der Waals surface area (Å²) < 4.78 is 7.49. The van der Waals surface area contributed by atoms with Crippen LogP contribution >= 0.6 is 155 Å². The van der Waals surface area contributed by atoms with Crippen LogP contribution in [0.1, 0.15) is 29.2 Å². The first-order chi connectivity index (χ1) is 19.5. The zero-order valence-corrected chi connectivity index (χ0v) is 39.6. The molecule has 0 saturated heterocycles. The van der Waals surface area contributed by atoms with Gasteiger partial charge in [-0.25, -0.2) is 0 Å². The summed E-state index contributed by atoms with van der Waals surface area (Å²) in [4.78, 5) is -0.278. The van der Waals surface area contributed by atoms with E-state index in [1.54, 1.807) is 12.1 Å². The summed E-state index contributed by atoms with van der Waals surface area (Å²) in [5, 5.41) is 10.7. The van der Waals surface area contributed by atoms with Gasteiger partial charge in [-0.2, -0.15) is 0 Å². The van der Waals surface area contributed by atoms with E-state index < -0.39 is 0 Å². The molecule has 0 bridgehead atoms. The van der Waals surface area contributed by atoms with Gasteiger partial charge < -0.3 is 9.84 Å². The van der Waals surface area contributed by atoms with Crippen molar-refractivity contribution in [2.75, 3.05) is 6.61 Å². The molecule has 0 fully saturated rings. The molecule has 2 nitrogen and oxygen atoms in total. The molecule has 41 heavy (non-hydrogen) atoms. The fraction of sp³-hybridized carbons (Fsp3) is 0.143. The van der Waals surface area contributed by atoms with Gasteiger partial charge in [0.15, 0.2) is 0 Å². The van der Waals surface area contributed by atoms with Crippen molar-refractivity contribution >= 4 is 155 Å². The van der Waals surface area contributed by atoms with Crippen LogP contribution in [-0.2, 0) is 27.2 Å². The Bertz CT molecular complexity index is 1300. The molecule has 0 aliphatic carbocycles. The van der Waals surface area contributed by atoms with Crippen molar-refractivity contribution in [2.45, 2.75) is 19.8 Å². The molecular formula is C28H24Br2Cl2I5O2V2. The molecule has 221 valence electrons. The molecule has 4 aromatic rings. The first-order valence-corrected chi connectivity index (χ1v) is 36.4. The summed E-state index contributed by atoms with van der Waals surface area (Å²) in [6, 6.07) is 27.0. The number of halogens is 9. The van der Waals surface area contributed by atoms with Crippen LogP contribution in [0.25, 0.3) is 0 Å². The van der Waals surface area contributed by atoms with E-state index >= 15 is 0 Å². The number of phenolic OH excluding ortho intramolecular Hbond substituents is 1. The number of rotatable bonds is 6. The Morgan fingerprint density at radius 1 is 0.732 bits per heavy atom. The molecule has 0 saturated carbocycles. The van der Waals surface area contributed by atoms with E-state index in [-0.39, 0.29) is 10.7 Å². The Morgan fingerprint density at radius 3 is 1.46 bits per heavy atom. The fourth-order valence-electron chi connectivity index (χ4n) is 3.28. The molecule has 0 heterocycles. The Morgan fingerprint density at radius 2 is 1.10 bits per heavy atom. The van der Waals surface area contributed by atoms with Crippen LogP contribution in [0, 0.1) is 0 Å². The molecule has 0 amide bonds. The molecule has 0 aliphatic rings. The molecule has 0 unspecified atom stereocenters. The SMILES string of the molecule is CCOc1ccc(Cc2cc(Br)ccc2Cl)cc1.Oc1ccc(Cc2cc(Br)ccc2Cl)cc1.[I][V]([I])[I].[I][V][I]. The van der Waals surface area contributed by atoms with Gasteiger partial charge in [-0.15, -0.1) is 0 Å². The predicted molar refractivity (Wildman–Crippen MR) is 220 cm³/mol. The normalized spacial score (nSPS) is 9.83. The monoisotopic (exact) mass is 1360 g/mol. The van der Waals surface area contributed by atoms with Gasteiger partial charge in [0.25, 0.3) is 0 Å². The van der Waals surface area contributed by atoms with Crippen LogP contribution in [0.2, 0.25) is 10.0 Å². The summed E-state index contributed by atoms with van der Waals surface area (Å²) >= 11 is 31.3. The van der Waals surface area contributed by atoms with Crippen molar-refractivity contribution in [1.29, 1.82) is 0 Å². The quantitative estimate of drug-likeness (QED) is 0.195. The van der Waals surface area contributed by atoms with Crippen LogP contribution in [0.5, 0.6) is 11.5 Å². The molecule has 13 heteroatoms. The average Bonchev–Trinajstić information content (AvgIpc) is 2.91. The minimum absolute atomic E-state index is 0.278. The number of aromatic hydroxyl groups is 1. The van der Waals surface area contributed by atoms with Gasteiger partial charge in [-0.1, -0.05) is 79.3 Å². The molecule has 0 atom stereocenters. The zero-order chi connectivity index (χ0) is 30.8. The van der Waals surface area contributed by atoms with Crippen molar-refractivity contribution in [3.8, 4) is 11.5 Å². The van der Waals surface area contributed by atoms with E-state index in [0.29, 0.717) is 16.1 Å². The van der Waals surface area contributed by atoms with Crippen LogP contribution in [0.3, 0.4) is 0 Å². The molecule has 0 radical (unpaired) electrons. The second-order valence-electron chi connectivity index (χ2n) is 7.82. The molecular weight excluding hydrogens is 1340 g/mol. The Balaban J connectivity index is 0.000000336. The first kappa shape index (κ1) is 41.9. The molecule has 4 rings (SSSR count). The Labute approximate surface area is 336 Å². The number of hydrogen-bond donors (Lipinski definition) is 1. The molecule has 1 N–H and O–H groups in total. The van der Waals surface area contributed by atoms with Crippen LogP contribution < -0.4 is 4.74 Å². The second-order valence-corrected chi connectivity index (χ2v) is 57.6. The third-order valence-corrected chi connectivity index (χ3v) is 6.70. The predicted octanol–water partition coefficient (Wildman–Crippen LogP) is 13.9. The minimum atomic E-state index is -0.278. The first-order valence-electron chi connectivity index (χ1n) is 11.6. The summed E-state index contributed by atoms with van der Waals surface area (Å²) in [6.45, 7) is 2.67. The zero-order valence-electron chi connectivity index (χ0n) is 21.4. The molecule has 0 aromatic heterocycles.